The number of rotatable bonds is 8. The molecule has 7 nitrogen and oxygen atoms in total. The van der Waals surface area contributed by atoms with Crippen LogP contribution in [-0.2, 0) is 22.6 Å². The molecule has 0 aliphatic rings. The summed E-state index contributed by atoms with van der Waals surface area (Å²) in [4.78, 5) is 29.8. The van der Waals surface area contributed by atoms with Gasteiger partial charge in [0, 0.05) is 19.2 Å². The molecule has 0 radical (unpaired) electrons. The first-order chi connectivity index (χ1) is 15.3. The predicted molar refractivity (Wildman–Crippen MR) is 126 cm³/mol. The molecule has 2 aromatic carbocycles. The van der Waals surface area contributed by atoms with Crippen molar-refractivity contribution in [3.8, 4) is 0 Å². The van der Waals surface area contributed by atoms with Crippen molar-refractivity contribution >= 4 is 40.8 Å². The number of hydrogen-bond acceptors (Lipinski definition) is 5. The zero-order valence-corrected chi connectivity index (χ0v) is 18.6. The van der Waals surface area contributed by atoms with Crippen LogP contribution in [0, 0.1) is 0 Å². The predicted octanol–water partition coefficient (Wildman–Crippen LogP) is 3.01. The number of hydrogen-bond donors (Lipinski definition) is 4. The molecule has 0 saturated heterocycles. The van der Waals surface area contributed by atoms with Crippen LogP contribution in [0.1, 0.15) is 22.7 Å². The fourth-order valence-electron chi connectivity index (χ4n) is 3.04. The van der Waals surface area contributed by atoms with E-state index >= 15 is 0 Å². The van der Waals surface area contributed by atoms with E-state index in [4.69, 9.17) is 34.7 Å². The summed E-state index contributed by atoms with van der Waals surface area (Å²) in [5.41, 5.74) is 13.8. The third-order valence-electron chi connectivity index (χ3n) is 4.81. The molecule has 0 spiro atoms. The molecule has 1 aromatic heterocycles. The summed E-state index contributed by atoms with van der Waals surface area (Å²) in [5, 5.41) is 6.34. The number of nitrogen functional groups attached to an aromatic ring is 1. The average molecular weight is 472 g/mol. The van der Waals surface area contributed by atoms with Crippen LogP contribution in [-0.4, -0.2) is 22.8 Å². The molecular formula is C23H23Cl2N5O2. The van der Waals surface area contributed by atoms with Crippen molar-refractivity contribution in [1.29, 1.82) is 0 Å². The highest BCUT2D eigenvalue weighted by Crippen LogP contribution is 2.23. The van der Waals surface area contributed by atoms with Gasteiger partial charge in [0.1, 0.15) is 17.9 Å². The molecule has 166 valence electrons. The highest BCUT2D eigenvalue weighted by Gasteiger charge is 2.25. The van der Waals surface area contributed by atoms with E-state index in [1.165, 1.54) is 0 Å². The molecule has 0 aliphatic carbocycles. The number of aromatic nitrogens is 1. The van der Waals surface area contributed by atoms with Crippen molar-refractivity contribution in [3.63, 3.8) is 0 Å². The van der Waals surface area contributed by atoms with Crippen molar-refractivity contribution in [3.05, 3.63) is 93.6 Å². The van der Waals surface area contributed by atoms with Crippen LogP contribution in [0.15, 0.2) is 66.9 Å². The van der Waals surface area contributed by atoms with Gasteiger partial charge in [0.2, 0.25) is 11.8 Å². The van der Waals surface area contributed by atoms with E-state index in [0.29, 0.717) is 21.4 Å². The fourth-order valence-corrected chi connectivity index (χ4v) is 3.36. The maximum Gasteiger partial charge on any atom is 0.243 e. The zero-order valence-electron chi connectivity index (χ0n) is 17.1. The maximum absolute atomic E-state index is 13.0. The minimum absolute atomic E-state index is 0.204. The number of carbonyl (C=O) groups excluding carboxylic acids is 2. The van der Waals surface area contributed by atoms with E-state index in [0.717, 1.165) is 11.1 Å². The summed E-state index contributed by atoms with van der Waals surface area (Å²) in [6.07, 6.45) is 1.78. The van der Waals surface area contributed by atoms with Crippen molar-refractivity contribution in [2.24, 2.45) is 5.73 Å². The largest absolute Gasteiger partial charge is 0.384 e. The number of nitrogens with zero attached hydrogens (tertiary/aromatic N) is 1. The van der Waals surface area contributed by atoms with Gasteiger partial charge >= 0.3 is 0 Å². The highest BCUT2D eigenvalue weighted by molar-refractivity contribution is 6.42. The molecule has 2 atom stereocenters. The lowest BCUT2D eigenvalue weighted by atomic mass is 10.0. The Bertz CT molecular complexity index is 1080. The average Bonchev–Trinajstić information content (AvgIpc) is 2.80. The van der Waals surface area contributed by atoms with Gasteiger partial charge in [-0.25, -0.2) is 4.98 Å². The van der Waals surface area contributed by atoms with Crippen molar-refractivity contribution in [1.82, 2.24) is 15.6 Å². The van der Waals surface area contributed by atoms with E-state index in [1.807, 2.05) is 6.07 Å². The summed E-state index contributed by atoms with van der Waals surface area (Å²) in [6, 6.07) is 15.6. The number of amides is 2. The number of benzene rings is 2. The standard InChI is InChI=1S/C23H23Cl2N5O2/c24-17-8-6-14(10-18(17)25)11-19(22(31)29-13-15-7-9-20(26)28-12-15)30-23(32)21(27)16-4-2-1-3-5-16/h1-10,12,19,21H,11,13,27H2,(H2,26,28)(H,29,31)(H,30,32). The number of halogens is 2. The Hall–Kier alpha value is -3.13. The Kier molecular flexibility index (Phi) is 8.05. The van der Waals surface area contributed by atoms with Crippen LogP contribution in [0.3, 0.4) is 0 Å². The fraction of sp³-hybridized carbons (Fsp3) is 0.174. The van der Waals surface area contributed by atoms with Gasteiger partial charge in [0.25, 0.3) is 0 Å². The molecule has 32 heavy (non-hydrogen) atoms. The number of nitrogens with two attached hydrogens (primary N) is 2. The van der Waals surface area contributed by atoms with Gasteiger partial charge in [-0.3, -0.25) is 9.59 Å². The molecular weight excluding hydrogens is 449 g/mol. The summed E-state index contributed by atoms with van der Waals surface area (Å²) >= 11 is 12.1. The molecule has 3 aromatic rings. The smallest absolute Gasteiger partial charge is 0.243 e. The number of nitrogens with one attached hydrogen (secondary N) is 2. The molecule has 9 heteroatoms. The quantitative estimate of drug-likeness (QED) is 0.402. The molecule has 1 heterocycles. The van der Waals surface area contributed by atoms with Gasteiger partial charge in [-0.2, -0.15) is 0 Å². The van der Waals surface area contributed by atoms with E-state index < -0.39 is 18.0 Å². The van der Waals surface area contributed by atoms with Crippen LogP contribution in [0.4, 0.5) is 5.82 Å². The van der Waals surface area contributed by atoms with Gasteiger partial charge in [-0.1, -0.05) is 65.7 Å². The zero-order chi connectivity index (χ0) is 23.1. The highest BCUT2D eigenvalue weighted by atomic mass is 35.5. The maximum atomic E-state index is 13.0. The normalized spacial score (nSPS) is 12.6. The third-order valence-corrected chi connectivity index (χ3v) is 5.55. The third kappa shape index (κ3) is 6.43. The van der Waals surface area contributed by atoms with E-state index in [1.54, 1.807) is 60.8 Å². The van der Waals surface area contributed by atoms with Crippen LogP contribution in [0.2, 0.25) is 10.0 Å². The van der Waals surface area contributed by atoms with Crippen LogP contribution in [0.25, 0.3) is 0 Å². The molecule has 6 N–H and O–H groups in total. The number of anilines is 1. The number of carbonyl (C=O) groups is 2. The van der Waals surface area contributed by atoms with E-state index in [9.17, 15) is 9.59 Å². The van der Waals surface area contributed by atoms with Crippen LogP contribution < -0.4 is 22.1 Å². The Morgan fingerprint density at radius 1 is 0.938 bits per heavy atom. The monoisotopic (exact) mass is 471 g/mol. The SMILES string of the molecule is Nc1ccc(CNC(=O)C(Cc2ccc(Cl)c(Cl)c2)NC(=O)C(N)c2ccccc2)cn1. The van der Waals surface area contributed by atoms with Gasteiger partial charge < -0.3 is 22.1 Å². The second-order valence-electron chi connectivity index (χ2n) is 7.21. The topological polar surface area (TPSA) is 123 Å². The molecule has 2 unspecified atom stereocenters. The second kappa shape index (κ2) is 10.9. The lowest BCUT2D eigenvalue weighted by Crippen LogP contribution is -2.50. The summed E-state index contributed by atoms with van der Waals surface area (Å²) in [5.74, 6) is -0.452. The lowest BCUT2D eigenvalue weighted by molar-refractivity contribution is -0.129. The van der Waals surface area contributed by atoms with Crippen LogP contribution in [0.5, 0.6) is 0 Å². The molecule has 0 aliphatic heterocycles. The van der Waals surface area contributed by atoms with Gasteiger partial charge in [0.05, 0.1) is 10.0 Å². The summed E-state index contributed by atoms with van der Waals surface area (Å²) in [6.45, 7) is 0.227. The summed E-state index contributed by atoms with van der Waals surface area (Å²) < 4.78 is 0. The molecule has 0 fully saturated rings. The number of pyridine rings is 1. The van der Waals surface area contributed by atoms with Crippen molar-refractivity contribution in [2.75, 3.05) is 5.73 Å². The van der Waals surface area contributed by atoms with Gasteiger partial charge in [0.15, 0.2) is 0 Å². The Morgan fingerprint density at radius 3 is 2.31 bits per heavy atom. The minimum Gasteiger partial charge on any atom is -0.384 e. The first-order valence-corrected chi connectivity index (χ1v) is 10.6. The van der Waals surface area contributed by atoms with E-state index in [2.05, 4.69) is 15.6 Å². The molecule has 3 rings (SSSR count). The first-order valence-electron chi connectivity index (χ1n) is 9.86. The molecule has 0 bridgehead atoms. The lowest BCUT2D eigenvalue weighted by Gasteiger charge is -2.21. The Morgan fingerprint density at radius 2 is 1.66 bits per heavy atom. The molecule has 0 saturated carbocycles. The Labute approximate surface area is 196 Å². The van der Waals surface area contributed by atoms with Crippen molar-refractivity contribution in [2.45, 2.75) is 25.0 Å². The first kappa shape index (κ1) is 23.5. The van der Waals surface area contributed by atoms with Gasteiger partial charge in [-0.15, -0.1) is 0 Å². The minimum atomic E-state index is -0.915. The van der Waals surface area contributed by atoms with Crippen LogP contribution >= 0.6 is 23.2 Å². The second-order valence-corrected chi connectivity index (χ2v) is 8.03. The Balaban J connectivity index is 1.74. The van der Waals surface area contributed by atoms with Gasteiger partial charge in [-0.05, 0) is 34.9 Å². The van der Waals surface area contributed by atoms with E-state index in [-0.39, 0.29) is 18.9 Å². The van der Waals surface area contributed by atoms with Crippen molar-refractivity contribution < 1.29 is 9.59 Å². The molecule has 2 amide bonds. The summed E-state index contributed by atoms with van der Waals surface area (Å²) in [7, 11) is 0.